The van der Waals surface area contributed by atoms with E-state index >= 15 is 0 Å². The van der Waals surface area contributed by atoms with Gasteiger partial charge in [-0.25, -0.2) is 0 Å². The number of piperidine rings is 1. The molecule has 0 aromatic heterocycles. The van der Waals surface area contributed by atoms with Gasteiger partial charge in [0.1, 0.15) is 0 Å². The molecule has 1 N–H and O–H groups in total. The standard InChI is InChI=1S/C16H26N4O2/c1-22-15-5-10-19(11-6-15)9-2-3-16(21)20-12-8-18-13-14(20)4-7-17/h2-3,14-15,18H,4-6,8-13H2,1H3/b3-2+. The largest absolute Gasteiger partial charge is 0.381 e. The first kappa shape index (κ1) is 16.9. The molecule has 0 radical (unpaired) electrons. The Morgan fingerprint density at radius 3 is 2.86 bits per heavy atom. The van der Waals surface area contributed by atoms with Crippen molar-refractivity contribution in [2.24, 2.45) is 0 Å². The molecule has 0 bridgehead atoms. The molecule has 2 aliphatic rings. The molecule has 1 atom stereocenters. The average molecular weight is 306 g/mol. The lowest BCUT2D eigenvalue weighted by molar-refractivity contribution is -0.128. The fourth-order valence-electron chi connectivity index (χ4n) is 3.06. The summed E-state index contributed by atoms with van der Waals surface area (Å²) in [5.41, 5.74) is 0. The zero-order chi connectivity index (χ0) is 15.8. The quantitative estimate of drug-likeness (QED) is 0.743. The molecule has 2 saturated heterocycles. The minimum Gasteiger partial charge on any atom is -0.381 e. The van der Waals surface area contributed by atoms with Gasteiger partial charge in [0.05, 0.1) is 24.6 Å². The number of carbonyl (C=O) groups excluding carboxylic acids is 1. The third-order valence-electron chi connectivity index (χ3n) is 4.45. The normalized spacial score (nSPS) is 24.5. The molecular formula is C16H26N4O2. The van der Waals surface area contributed by atoms with Crippen molar-refractivity contribution < 1.29 is 9.53 Å². The number of amides is 1. The van der Waals surface area contributed by atoms with Crippen LogP contribution in [0.2, 0.25) is 0 Å². The van der Waals surface area contributed by atoms with Crippen LogP contribution in [0.3, 0.4) is 0 Å². The van der Waals surface area contributed by atoms with Crippen LogP contribution in [-0.4, -0.2) is 74.2 Å². The van der Waals surface area contributed by atoms with Crippen molar-refractivity contribution in [2.75, 3.05) is 46.4 Å². The maximum Gasteiger partial charge on any atom is 0.246 e. The molecule has 2 heterocycles. The van der Waals surface area contributed by atoms with E-state index in [0.717, 1.165) is 39.0 Å². The van der Waals surface area contributed by atoms with Gasteiger partial charge in [-0.1, -0.05) is 6.08 Å². The van der Waals surface area contributed by atoms with Gasteiger partial charge in [0.15, 0.2) is 0 Å². The Balaban J connectivity index is 1.77. The highest BCUT2D eigenvalue weighted by Crippen LogP contribution is 2.12. The van der Waals surface area contributed by atoms with Crippen LogP contribution < -0.4 is 5.32 Å². The molecule has 22 heavy (non-hydrogen) atoms. The van der Waals surface area contributed by atoms with Gasteiger partial charge in [-0.15, -0.1) is 0 Å². The fourth-order valence-corrected chi connectivity index (χ4v) is 3.06. The summed E-state index contributed by atoms with van der Waals surface area (Å²) in [6.07, 6.45) is 6.49. The Bertz CT molecular complexity index is 424. The minimum atomic E-state index is -0.00616. The van der Waals surface area contributed by atoms with E-state index in [-0.39, 0.29) is 11.9 Å². The van der Waals surface area contributed by atoms with E-state index in [1.807, 2.05) is 11.0 Å². The Morgan fingerprint density at radius 1 is 1.41 bits per heavy atom. The summed E-state index contributed by atoms with van der Waals surface area (Å²) in [7, 11) is 1.77. The lowest BCUT2D eigenvalue weighted by Gasteiger charge is -2.34. The minimum absolute atomic E-state index is 0.00616. The van der Waals surface area contributed by atoms with Crippen molar-refractivity contribution in [1.82, 2.24) is 15.1 Å². The van der Waals surface area contributed by atoms with Crippen LogP contribution >= 0.6 is 0 Å². The number of hydrogen-bond donors (Lipinski definition) is 1. The van der Waals surface area contributed by atoms with Crippen LogP contribution in [0.4, 0.5) is 0 Å². The van der Waals surface area contributed by atoms with Crippen LogP contribution in [-0.2, 0) is 9.53 Å². The van der Waals surface area contributed by atoms with Crippen molar-refractivity contribution in [3.8, 4) is 6.07 Å². The van der Waals surface area contributed by atoms with Crippen molar-refractivity contribution in [2.45, 2.75) is 31.4 Å². The molecule has 0 aliphatic carbocycles. The number of nitrogens with one attached hydrogen (secondary N) is 1. The molecule has 6 heteroatoms. The number of carbonyl (C=O) groups is 1. The maximum atomic E-state index is 12.3. The van der Waals surface area contributed by atoms with Crippen LogP contribution in [0.1, 0.15) is 19.3 Å². The molecule has 0 aromatic rings. The van der Waals surface area contributed by atoms with E-state index in [1.165, 1.54) is 0 Å². The highest BCUT2D eigenvalue weighted by atomic mass is 16.5. The molecule has 2 rings (SSSR count). The summed E-state index contributed by atoms with van der Waals surface area (Å²) in [5, 5.41) is 12.1. The van der Waals surface area contributed by atoms with Gasteiger partial charge in [0, 0.05) is 52.5 Å². The zero-order valence-electron chi connectivity index (χ0n) is 13.3. The Morgan fingerprint density at radius 2 is 2.18 bits per heavy atom. The molecule has 0 aromatic carbocycles. The Hall–Kier alpha value is -1.42. The van der Waals surface area contributed by atoms with E-state index in [2.05, 4.69) is 16.3 Å². The van der Waals surface area contributed by atoms with Crippen LogP contribution in [0.25, 0.3) is 0 Å². The predicted octanol–water partition coefficient (Wildman–Crippen LogP) is 0.367. The van der Waals surface area contributed by atoms with Crippen molar-refractivity contribution in [3.63, 3.8) is 0 Å². The van der Waals surface area contributed by atoms with E-state index in [4.69, 9.17) is 10.00 Å². The first-order valence-electron chi connectivity index (χ1n) is 8.04. The summed E-state index contributed by atoms with van der Waals surface area (Å²) in [6, 6.07) is 2.16. The topological polar surface area (TPSA) is 68.6 Å². The van der Waals surface area contributed by atoms with E-state index in [1.54, 1.807) is 13.2 Å². The van der Waals surface area contributed by atoms with Crippen LogP contribution in [0.15, 0.2) is 12.2 Å². The van der Waals surface area contributed by atoms with Gasteiger partial charge >= 0.3 is 0 Å². The number of likely N-dealkylation sites (tertiary alicyclic amines) is 1. The third-order valence-corrected chi connectivity index (χ3v) is 4.45. The molecule has 1 amide bonds. The third kappa shape index (κ3) is 4.80. The van der Waals surface area contributed by atoms with Crippen molar-refractivity contribution in [3.05, 3.63) is 12.2 Å². The molecule has 122 valence electrons. The van der Waals surface area contributed by atoms with E-state index in [9.17, 15) is 4.79 Å². The maximum absolute atomic E-state index is 12.3. The summed E-state index contributed by atoms with van der Waals surface area (Å²) in [6.45, 7) is 5.01. The highest BCUT2D eigenvalue weighted by Gasteiger charge is 2.24. The molecule has 6 nitrogen and oxygen atoms in total. The van der Waals surface area contributed by atoms with Gasteiger partial charge in [-0.3, -0.25) is 9.69 Å². The number of hydrogen-bond acceptors (Lipinski definition) is 5. The second-order valence-corrected chi connectivity index (χ2v) is 5.89. The Labute approximate surface area is 132 Å². The van der Waals surface area contributed by atoms with Crippen molar-refractivity contribution in [1.29, 1.82) is 5.26 Å². The lowest BCUT2D eigenvalue weighted by Crippen LogP contribution is -2.53. The average Bonchev–Trinajstić information content (AvgIpc) is 2.56. The van der Waals surface area contributed by atoms with Crippen LogP contribution in [0, 0.1) is 11.3 Å². The smallest absolute Gasteiger partial charge is 0.246 e. The van der Waals surface area contributed by atoms with Gasteiger partial charge in [-0.05, 0) is 12.8 Å². The first-order valence-corrected chi connectivity index (χ1v) is 8.04. The van der Waals surface area contributed by atoms with Gasteiger partial charge in [0.25, 0.3) is 0 Å². The second kappa shape index (κ2) is 8.89. The lowest BCUT2D eigenvalue weighted by atomic mass is 10.1. The molecular weight excluding hydrogens is 280 g/mol. The number of piperazine rings is 1. The van der Waals surface area contributed by atoms with E-state index < -0.39 is 0 Å². The SMILES string of the molecule is COC1CCN(C/C=C/C(=O)N2CCNCC2CC#N)CC1. The number of ether oxygens (including phenoxy) is 1. The molecule has 1 unspecified atom stereocenters. The summed E-state index contributed by atoms with van der Waals surface area (Å²) < 4.78 is 5.36. The fraction of sp³-hybridized carbons (Fsp3) is 0.750. The molecule has 0 spiro atoms. The zero-order valence-corrected chi connectivity index (χ0v) is 13.3. The summed E-state index contributed by atoms with van der Waals surface area (Å²) >= 11 is 0. The summed E-state index contributed by atoms with van der Waals surface area (Å²) in [5.74, 6) is 0.0218. The molecule has 2 fully saturated rings. The van der Waals surface area contributed by atoms with Gasteiger partial charge < -0.3 is 15.0 Å². The number of rotatable bonds is 5. The predicted molar refractivity (Wildman–Crippen MR) is 84.2 cm³/mol. The van der Waals surface area contributed by atoms with Crippen LogP contribution in [0.5, 0.6) is 0 Å². The Kier molecular flexibility index (Phi) is 6.84. The number of methoxy groups -OCH3 is 1. The van der Waals surface area contributed by atoms with Gasteiger partial charge in [-0.2, -0.15) is 5.26 Å². The first-order chi connectivity index (χ1) is 10.7. The van der Waals surface area contributed by atoms with Gasteiger partial charge in [0.2, 0.25) is 5.91 Å². The molecule has 2 aliphatic heterocycles. The van der Waals surface area contributed by atoms with Crippen molar-refractivity contribution >= 4 is 5.91 Å². The summed E-state index contributed by atoms with van der Waals surface area (Å²) in [4.78, 5) is 16.4. The monoisotopic (exact) mass is 306 g/mol. The highest BCUT2D eigenvalue weighted by molar-refractivity contribution is 5.88. The van der Waals surface area contributed by atoms with E-state index in [0.29, 0.717) is 25.6 Å². The molecule has 0 saturated carbocycles. The number of nitrogens with zero attached hydrogens (tertiary/aromatic N) is 3. The number of nitriles is 1. The second-order valence-electron chi connectivity index (χ2n) is 5.89.